The van der Waals surface area contributed by atoms with Gasteiger partial charge in [0.25, 0.3) is 5.88 Å². The van der Waals surface area contributed by atoms with Crippen molar-refractivity contribution < 1.29 is 4.74 Å². The van der Waals surface area contributed by atoms with Crippen LogP contribution in [0, 0.1) is 0 Å². The molecule has 0 saturated carbocycles. The van der Waals surface area contributed by atoms with Crippen LogP contribution < -0.4 is 10.1 Å². The first-order valence-electron chi connectivity index (χ1n) is 5.20. The average Bonchev–Trinajstić information content (AvgIpc) is 2.63. The molecule has 2 aromatic rings. The standard InChI is InChI=1S/C11H16N4O/c1-11(2,3)16-10-9-13-5-6-15(9)7-8(12-4)14-10/h5-7,12H,1-4H3. The van der Waals surface area contributed by atoms with Crippen LogP contribution >= 0.6 is 0 Å². The fourth-order valence-corrected chi connectivity index (χ4v) is 1.38. The van der Waals surface area contributed by atoms with Crippen molar-refractivity contribution in [2.75, 3.05) is 12.4 Å². The SMILES string of the molecule is CNc1cn2ccnc2c(OC(C)(C)C)n1. The van der Waals surface area contributed by atoms with E-state index in [1.54, 1.807) is 6.20 Å². The first-order chi connectivity index (χ1) is 7.49. The Hall–Kier alpha value is -1.78. The lowest BCUT2D eigenvalue weighted by Gasteiger charge is -2.20. The summed E-state index contributed by atoms with van der Waals surface area (Å²) in [7, 11) is 1.83. The Bertz CT molecular complexity index is 498. The van der Waals surface area contributed by atoms with Crippen LogP contribution in [0.25, 0.3) is 5.65 Å². The smallest absolute Gasteiger partial charge is 0.260 e. The van der Waals surface area contributed by atoms with Crippen LogP contribution in [0.15, 0.2) is 18.6 Å². The summed E-state index contributed by atoms with van der Waals surface area (Å²) in [4.78, 5) is 8.59. The topological polar surface area (TPSA) is 51.5 Å². The highest BCUT2D eigenvalue weighted by Gasteiger charge is 2.16. The van der Waals surface area contributed by atoms with Gasteiger partial charge in [-0.2, -0.15) is 4.98 Å². The molecule has 0 aromatic carbocycles. The number of fused-ring (bicyclic) bond motifs is 1. The molecule has 0 saturated heterocycles. The van der Waals surface area contributed by atoms with Gasteiger partial charge in [0, 0.05) is 19.4 Å². The Morgan fingerprint density at radius 2 is 2.12 bits per heavy atom. The van der Waals surface area contributed by atoms with Gasteiger partial charge in [-0.15, -0.1) is 0 Å². The molecule has 16 heavy (non-hydrogen) atoms. The van der Waals surface area contributed by atoms with E-state index in [4.69, 9.17) is 4.74 Å². The lowest BCUT2D eigenvalue weighted by atomic mass is 10.2. The van der Waals surface area contributed by atoms with Gasteiger partial charge < -0.3 is 10.1 Å². The fraction of sp³-hybridized carbons (Fsp3) is 0.455. The molecule has 0 aliphatic carbocycles. The van der Waals surface area contributed by atoms with Gasteiger partial charge in [-0.3, -0.25) is 4.40 Å². The molecule has 2 aromatic heterocycles. The molecule has 0 atom stereocenters. The van der Waals surface area contributed by atoms with Crippen LogP contribution in [-0.2, 0) is 0 Å². The van der Waals surface area contributed by atoms with E-state index in [9.17, 15) is 0 Å². The summed E-state index contributed by atoms with van der Waals surface area (Å²) in [5.74, 6) is 1.30. The predicted octanol–water partition coefficient (Wildman–Crippen LogP) is 1.95. The number of hydrogen-bond acceptors (Lipinski definition) is 4. The van der Waals surface area contributed by atoms with Gasteiger partial charge in [0.1, 0.15) is 11.4 Å². The largest absolute Gasteiger partial charge is 0.469 e. The predicted molar refractivity (Wildman–Crippen MR) is 62.9 cm³/mol. The first kappa shape index (κ1) is 10.7. The highest BCUT2D eigenvalue weighted by molar-refractivity contribution is 5.53. The third-order valence-corrected chi connectivity index (χ3v) is 2.00. The van der Waals surface area contributed by atoms with Gasteiger partial charge in [0.05, 0.1) is 6.20 Å². The minimum Gasteiger partial charge on any atom is -0.469 e. The molecule has 2 heterocycles. The Balaban J connectivity index is 2.52. The van der Waals surface area contributed by atoms with E-state index in [1.807, 2.05) is 44.6 Å². The summed E-state index contributed by atoms with van der Waals surface area (Å²) >= 11 is 0. The second kappa shape index (κ2) is 3.66. The highest BCUT2D eigenvalue weighted by atomic mass is 16.5. The molecule has 2 rings (SSSR count). The second-order valence-corrected chi connectivity index (χ2v) is 4.55. The van der Waals surface area contributed by atoms with E-state index in [0.29, 0.717) is 5.88 Å². The molecule has 5 nitrogen and oxygen atoms in total. The Labute approximate surface area is 94.5 Å². The molecule has 0 aliphatic rings. The zero-order valence-corrected chi connectivity index (χ0v) is 9.98. The van der Waals surface area contributed by atoms with Crippen LogP contribution in [0.5, 0.6) is 5.88 Å². The van der Waals surface area contributed by atoms with Gasteiger partial charge in [-0.25, -0.2) is 4.98 Å². The summed E-state index contributed by atoms with van der Waals surface area (Å²) in [6.45, 7) is 5.96. The molecule has 1 N–H and O–H groups in total. The van der Waals surface area contributed by atoms with Crippen molar-refractivity contribution in [3.8, 4) is 5.88 Å². The van der Waals surface area contributed by atoms with E-state index in [-0.39, 0.29) is 5.60 Å². The van der Waals surface area contributed by atoms with E-state index in [1.165, 1.54) is 0 Å². The minimum absolute atomic E-state index is 0.286. The van der Waals surface area contributed by atoms with Crippen molar-refractivity contribution in [1.82, 2.24) is 14.4 Å². The van der Waals surface area contributed by atoms with Crippen molar-refractivity contribution in [3.63, 3.8) is 0 Å². The number of aromatic nitrogens is 3. The molecule has 0 radical (unpaired) electrons. The molecule has 0 spiro atoms. The van der Waals surface area contributed by atoms with Crippen LogP contribution in [0.4, 0.5) is 5.82 Å². The van der Waals surface area contributed by atoms with Crippen LogP contribution in [0.1, 0.15) is 20.8 Å². The first-order valence-corrected chi connectivity index (χ1v) is 5.20. The zero-order valence-electron chi connectivity index (χ0n) is 9.98. The molecular weight excluding hydrogens is 204 g/mol. The average molecular weight is 220 g/mol. The van der Waals surface area contributed by atoms with Crippen LogP contribution in [0.2, 0.25) is 0 Å². The Morgan fingerprint density at radius 1 is 1.38 bits per heavy atom. The Morgan fingerprint density at radius 3 is 2.75 bits per heavy atom. The summed E-state index contributed by atoms with van der Waals surface area (Å²) in [5.41, 5.74) is 0.445. The summed E-state index contributed by atoms with van der Waals surface area (Å²) < 4.78 is 7.67. The zero-order chi connectivity index (χ0) is 11.8. The van der Waals surface area contributed by atoms with Gasteiger partial charge in [0.15, 0.2) is 0 Å². The minimum atomic E-state index is -0.286. The van der Waals surface area contributed by atoms with Crippen molar-refractivity contribution >= 4 is 11.5 Å². The molecule has 5 heteroatoms. The lowest BCUT2D eigenvalue weighted by Crippen LogP contribution is -2.24. The van der Waals surface area contributed by atoms with Crippen molar-refractivity contribution in [2.45, 2.75) is 26.4 Å². The summed E-state index contributed by atoms with van der Waals surface area (Å²) in [6.07, 6.45) is 5.47. The lowest BCUT2D eigenvalue weighted by molar-refractivity contribution is 0.126. The van der Waals surface area contributed by atoms with E-state index in [0.717, 1.165) is 11.5 Å². The fourth-order valence-electron chi connectivity index (χ4n) is 1.38. The molecule has 0 amide bonds. The second-order valence-electron chi connectivity index (χ2n) is 4.55. The monoisotopic (exact) mass is 220 g/mol. The highest BCUT2D eigenvalue weighted by Crippen LogP contribution is 2.22. The summed E-state index contributed by atoms with van der Waals surface area (Å²) in [5, 5.41) is 3.00. The third kappa shape index (κ3) is 2.08. The molecule has 86 valence electrons. The molecule has 0 bridgehead atoms. The van der Waals surface area contributed by atoms with Crippen molar-refractivity contribution in [3.05, 3.63) is 18.6 Å². The number of ether oxygens (including phenoxy) is 1. The van der Waals surface area contributed by atoms with Gasteiger partial charge in [-0.1, -0.05) is 0 Å². The van der Waals surface area contributed by atoms with Crippen molar-refractivity contribution in [2.24, 2.45) is 0 Å². The number of anilines is 1. The number of nitrogens with one attached hydrogen (secondary N) is 1. The normalized spacial score (nSPS) is 11.8. The summed E-state index contributed by atoms with van der Waals surface area (Å²) in [6, 6.07) is 0. The maximum Gasteiger partial charge on any atom is 0.260 e. The number of nitrogens with zero attached hydrogens (tertiary/aromatic N) is 3. The quantitative estimate of drug-likeness (QED) is 0.840. The Kier molecular flexibility index (Phi) is 2.46. The molecule has 0 aliphatic heterocycles. The number of rotatable bonds is 2. The van der Waals surface area contributed by atoms with Crippen LogP contribution in [0.3, 0.4) is 0 Å². The van der Waals surface area contributed by atoms with Gasteiger partial charge >= 0.3 is 0 Å². The molecular formula is C11H16N4O. The maximum absolute atomic E-state index is 5.78. The van der Waals surface area contributed by atoms with E-state index >= 15 is 0 Å². The molecule has 0 unspecified atom stereocenters. The number of imidazole rings is 1. The van der Waals surface area contributed by atoms with Gasteiger partial charge in [0.2, 0.25) is 5.65 Å². The molecule has 0 fully saturated rings. The number of hydrogen-bond donors (Lipinski definition) is 1. The van der Waals surface area contributed by atoms with Crippen LogP contribution in [-0.4, -0.2) is 27.0 Å². The van der Waals surface area contributed by atoms with E-state index in [2.05, 4.69) is 15.3 Å². The maximum atomic E-state index is 5.78. The van der Waals surface area contributed by atoms with E-state index < -0.39 is 0 Å². The van der Waals surface area contributed by atoms with Crippen molar-refractivity contribution in [1.29, 1.82) is 0 Å². The van der Waals surface area contributed by atoms with Gasteiger partial charge in [-0.05, 0) is 20.8 Å². The third-order valence-electron chi connectivity index (χ3n) is 2.00.